The summed E-state index contributed by atoms with van der Waals surface area (Å²) in [6.45, 7) is 13.0. The maximum atomic E-state index is 13.6. The number of nitriles is 1. The van der Waals surface area contributed by atoms with Crippen molar-refractivity contribution in [3.05, 3.63) is 0 Å². The maximum absolute atomic E-state index is 13.6. The Morgan fingerprint density at radius 1 is 1.34 bits per heavy atom. The van der Waals surface area contributed by atoms with Crippen molar-refractivity contribution in [3.63, 3.8) is 0 Å². The molecule has 176 valence electrons. The average molecular weight is 462 g/mol. The predicted octanol–water partition coefficient (Wildman–Crippen LogP) is 1.36. The Morgan fingerprint density at radius 2 is 2.00 bits per heavy atom. The van der Waals surface area contributed by atoms with Gasteiger partial charge < -0.3 is 20.9 Å². The van der Waals surface area contributed by atoms with Crippen LogP contribution in [-0.2, 0) is 14.4 Å². The zero-order chi connectivity index (χ0) is 24.0. The van der Waals surface area contributed by atoms with Crippen LogP contribution >= 0.6 is 12.2 Å². The zero-order valence-corrected chi connectivity index (χ0v) is 20.6. The van der Waals surface area contributed by atoms with Crippen LogP contribution in [0, 0.1) is 39.9 Å². The lowest BCUT2D eigenvalue weighted by atomic mass is 9.85. The molecule has 0 bridgehead atoms. The van der Waals surface area contributed by atoms with Crippen LogP contribution < -0.4 is 16.0 Å². The highest BCUT2D eigenvalue weighted by Gasteiger charge is 2.69. The summed E-state index contributed by atoms with van der Waals surface area (Å²) >= 11 is 5.20. The van der Waals surface area contributed by atoms with Crippen molar-refractivity contribution in [1.82, 2.24) is 20.9 Å². The number of fused-ring (bicyclic) bond motifs is 1. The van der Waals surface area contributed by atoms with Gasteiger partial charge in [-0.25, -0.2) is 0 Å². The Balaban J connectivity index is 1.78. The summed E-state index contributed by atoms with van der Waals surface area (Å²) in [6, 6.07) is 0.173. The second-order valence-corrected chi connectivity index (χ2v) is 11.7. The minimum atomic E-state index is -0.769. The van der Waals surface area contributed by atoms with Crippen LogP contribution in [0.15, 0.2) is 0 Å². The first kappa shape index (κ1) is 24.4. The third-order valence-corrected chi connectivity index (χ3v) is 7.49. The molecular weight excluding hydrogens is 426 g/mol. The van der Waals surface area contributed by atoms with E-state index in [9.17, 15) is 19.6 Å². The summed E-state index contributed by atoms with van der Waals surface area (Å²) in [4.78, 5) is 41.1. The number of carbonyl (C=O) groups is 3. The van der Waals surface area contributed by atoms with E-state index < -0.39 is 23.5 Å². The van der Waals surface area contributed by atoms with Crippen LogP contribution in [0.2, 0.25) is 0 Å². The first-order chi connectivity index (χ1) is 14.8. The minimum Gasteiger partial charge on any atom is -0.368 e. The minimum absolute atomic E-state index is 0.0308. The SMILES string of the molecule is CC(=S)N[C@H](C(=O)N1C[C@H]2[C@@H]([C@H]1C(=O)N[C@H](C#N)C[C@@H]1CCNC1=O)C2(C)C)C(C)(C)C. The molecule has 0 unspecified atom stereocenters. The van der Waals surface area contributed by atoms with Crippen molar-refractivity contribution in [3.8, 4) is 6.07 Å². The Hall–Kier alpha value is -2.21. The van der Waals surface area contributed by atoms with Crippen LogP contribution in [-0.4, -0.2) is 58.8 Å². The number of thiocarbonyl (C=S) groups is 1. The van der Waals surface area contributed by atoms with Gasteiger partial charge in [0.05, 0.1) is 11.1 Å². The van der Waals surface area contributed by atoms with E-state index in [0.29, 0.717) is 24.5 Å². The van der Waals surface area contributed by atoms with Crippen molar-refractivity contribution in [1.29, 1.82) is 5.26 Å². The third kappa shape index (κ3) is 4.61. The number of nitrogens with one attached hydrogen (secondary N) is 3. The fourth-order valence-corrected chi connectivity index (χ4v) is 5.50. The summed E-state index contributed by atoms with van der Waals surface area (Å²) in [5, 5.41) is 18.3. The summed E-state index contributed by atoms with van der Waals surface area (Å²) in [5.74, 6) is -0.504. The van der Waals surface area contributed by atoms with Gasteiger partial charge in [-0.1, -0.05) is 46.8 Å². The lowest BCUT2D eigenvalue weighted by Crippen LogP contribution is -2.59. The van der Waals surface area contributed by atoms with Crippen molar-refractivity contribution < 1.29 is 14.4 Å². The Kier molecular flexibility index (Phi) is 6.58. The normalized spacial score (nSPS) is 29.9. The molecule has 3 fully saturated rings. The van der Waals surface area contributed by atoms with E-state index in [1.165, 1.54) is 0 Å². The molecule has 2 aliphatic heterocycles. The number of rotatable bonds is 6. The molecule has 0 radical (unpaired) electrons. The van der Waals surface area contributed by atoms with Crippen molar-refractivity contribution in [2.45, 2.75) is 72.5 Å². The highest BCUT2D eigenvalue weighted by Crippen LogP contribution is 2.65. The zero-order valence-electron chi connectivity index (χ0n) is 19.8. The molecule has 3 rings (SSSR count). The number of hydrogen-bond donors (Lipinski definition) is 3. The van der Waals surface area contributed by atoms with Gasteiger partial charge in [0.2, 0.25) is 17.7 Å². The van der Waals surface area contributed by atoms with E-state index in [1.807, 2.05) is 20.8 Å². The molecule has 6 atom stereocenters. The van der Waals surface area contributed by atoms with Gasteiger partial charge in [0.15, 0.2) is 0 Å². The quantitative estimate of drug-likeness (QED) is 0.515. The Labute approximate surface area is 195 Å². The van der Waals surface area contributed by atoms with E-state index in [0.717, 1.165) is 0 Å². The fraction of sp³-hybridized carbons (Fsp3) is 0.783. The number of likely N-dealkylation sites (tertiary alicyclic amines) is 1. The monoisotopic (exact) mass is 461 g/mol. The molecule has 0 aromatic heterocycles. The van der Waals surface area contributed by atoms with Gasteiger partial charge in [-0.15, -0.1) is 0 Å². The summed E-state index contributed by atoms with van der Waals surface area (Å²) in [7, 11) is 0. The maximum Gasteiger partial charge on any atom is 0.246 e. The summed E-state index contributed by atoms with van der Waals surface area (Å²) in [6.07, 6.45) is 0.941. The van der Waals surface area contributed by atoms with Gasteiger partial charge in [0, 0.05) is 19.0 Å². The fourth-order valence-electron chi connectivity index (χ4n) is 5.39. The Morgan fingerprint density at radius 3 is 2.50 bits per heavy atom. The molecule has 0 spiro atoms. The lowest BCUT2D eigenvalue weighted by Gasteiger charge is -2.38. The van der Waals surface area contributed by atoms with E-state index in [1.54, 1.807) is 11.8 Å². The van der Waals surface area contributed by atoms with Gasteiger partial charge in [0.25, 0.3) is 0 Å². The van der Waals surface area contributed by atoms with Gasteiger partial charge >= 0.3 is 0 Å². The predicted molar refractivity (Wildman–Crippen MR) is 124 cm³/mol. The summed E-state index contributed by atoms with van der Waals surface area (Å²) in [5.41, 5.74) is -0.428. The Bertz CT molecular complexity index is 859. The van der Waals surface area contributed by atoms with E-state index >= 15 is 0 Å². The lowest BCUT2D eigenvalue weighted by molar-refractivity contribution is -0.143. The third-order valence-electron chi connectivity index (χ3n) is 7.38. The van der Waals surface area contributed by atoms with Crippen LogP contribution in [0.1, 0.15) is 54.4 Å². The second-order valence-electron chi connectivity index (χ2n) is 11.1. The smallest absolute Gasteiger partial charge is 0.246 e. The molecule has 0 aromatic carbocycles. The highest BCUT2D eigenvalue weighted by molar-refractivity contribution is 7.80. The first-order valence-electron chi connectivity index (χ1n) is 11.3. The van der Waals surface area contributed by atoms with Crippen LogP contribution in [0.5, 0.6) is 0 Å². The number of hydrogen-bond acceptors (Lipinski definition) is 5. The number of piperidine rings is 1. The van der Waals surface area contributed by atoms with Crippen LogP contribution in [0.25, 0.3) is 0 Å². The van der Waals surface area contributed by atoms with Crippen molar-refractivity contribution in [2.24, 2.45) is 28.6 Å². The van der Waals surface area contributed by atoms with Crippen LogP contribution in [0.3, 0.4) is 0 Å². The van der Waals surface area contributed by atoms with Gasteiger partial charge in [-0.05, 0) is 42.4 Å². The van der Waals surface area contributed by atoms with Crippen LogP contribution in [0.4, 0.5) is 0 Å². The molecule has 2 saturated heterocycles. The first-order valence-corrected chi connectivity index (χ1v) is 11.7. The highest BCUT2D eigenvalue weighted by atomic mass is 32.1. The molecular formula is C23H35N5O3S. The molecule has 3 aliphatic rings. The topological polar surface area (TPSA) is 114 Å². The summed E-state index contributed by atoms with van der Waals surface area (Å²) < 4.78 is 0. The molecule has 8 nitrogen and oxygen atoms in total. The van der Waals surface area contributed by atoms with Gasteiger partial charge in [0.1, 0.15) is 18.1 Å². The van der Waals surface area contributed by atoms with Crippen molar-refractivity contribution in [2.75, 3.05) is 13.1 Å². The van der Waals surface area contributed by atoms with Gasteiger partial charge in [-0.3, -0.25) is 14.4 Å². The van der Waals surface area contributed by atoms with E-state index in [4.69, 9.17) is 12.2 Å². The second kappa shape index (κ2) is 8.62. The molecule has 32 heavy (non-hydrogen) atoms. The van der Waals surface area contributed by atoms with E-state index in [-0.39, 0.29) is 47.3 Å². The average Bonchev–Trinajstić information content (AvgIpc) is 3.05. The number of amides is 3. The number of carbonyl (C=O) groups excluding carboxylic acids is 3. The van der Waals surface area contributed by atoms with Crippen molar-refractivity contribution >= 4 is 34.9 Å². The number of nitrogens with zero attached hydrogens (tertiary/aromatic N) is 2. The van der Waals surface area contributed by atoms with E-state index in [2.05, 4.69) is 35.9 Å². The molecule has 3 N–H and O–H groups in total. The molecule has 0 aromatic rings. The molecule has 1 saturated carbocycles. The standard InChI is InChI=1S/C23H35N5O3S/c1-12(32)26-18(22(2,3)4)21(31)28-11-15-16(23(15,5)6)17(28)20(30)27-14(10-24)9-13-7-8-25-19(13)29/h13-18H,7-9,11H2,1-6H3,(H,25,29)(H,26,32)(H,27,30)/t13-,14-,15-,16-,17-,18+/m0/s1. The molecule has 3 amide bonds. The molecule has 1 aliphatic carbocycles. The molecule has 2 heterocycles. The molecule has 9 heteroatoms. The van der Waals surface area contributed by atoms with Gasteiger partial charge in [-0.2, -0.15) is 5.26 Å². The largest absolute Gasteiger partial charge is 0.368 e.